The van der Waals surface area contributed by atoms with E-state index < -0.39 is 0 Å². The number of allylic oxidation sites excluding steroid dienone is 4. The Bertz CT molecular complexity index is 291. The van der Waals surface area contributed by atoms with Crippen LogP contribution in [0.4, 0.5) is 0 Å². The van der Waals surface area contributed by atoms with Crippen LogP contribution in [0.5, 0.6) is 0 Å². The second-order valence-corrected chi connectivity index (χ2v) is 4.85. The Balaban J connectivity index is 2.28. The maximum Gasteiger partial charge on any atom is 0.00186 e. The molecule has 0 aromatic heterocycles. The first-order valence-corrected chi connectivity index (χ1v) is 6.15. The van der Waals surface area contributed by atoms with E-state index in [-0.39, 0.29) is 0 Å². The predicted molar refractivity (Wildman–Crippen MR) is 62.3 cm³/mol. The molecule has 0 radical (unpaired) electrons. The van der Waals surface area contributed by atoms with Crippen molar-refractivity contribution in [3.63, 3.8) is 0 Å². The van der Waals surface area contributed by atoms with E-state index in [0.29, 0.717) is 0 Å². The summed E-state index contributed by atoms with van der Waals surface area (Å²) in [6, 6.07) is 0. The molecule has 2 aliphatic rings. The van der Waals surface area contributed by atoms with Crippen molar-refractivity contribution in [2.75, 3.05) is 0 Å². The topological polar surface area (TPSA) is 0 Å². The Morgan fingerprint density at radius 2 is 1.93 bits per heavy atom. The van der Waals surface area contributed by atoms with Gasteiger partial charge in [0.15, 0.2) is 0 Å². The summed E-state index contributed by atoms with van der Waals surface area (Å²) in [7, 11) is 0. The molecule has 0 heterocycles. The van der Waals surface area contributed by atoms with Gasteiger partial charge in [-0.25, -0.2) is 0 Å². The van der Waals surface area contributed by atoms with Crippen LogP contribution < -0.4 is 0 Å². The van der Waals surface area contributed by atoms with E-state index in [9.17, 15) is 0 Å². The normalized spacial score (nSPS) is 27.2. The van der Waals surface area contributed by atoms with Crippen LogP contribution >= 0.6 is 0 Å². The molecule has 0 nitrogen and oxygen atoms in total. The third-order valence-corrected chi connectivity index (χ3v) is 4.08. The van der Waals surface area contributed by atoms with E-state index in [1.54, 1.807) is 22.3 Å². The lowest BCUT2D eigenvalue weighted by molar-refractivity contribution is 0.495. The van der Waals surface area contributed by atoms with Crippen molar-refractivity contribution in [3.05, 3.63) is 22.3 Å². The first-order chi connectivity index (χ1) is 6.75. The molecule has 0 amide bonds. The smallest absolute Gasteiger partial charge is 0.00186 e. The van der Waals surface area contributed by atoms with Crippen molar-refractivity contribution < 1.29 is 0 Å². The summed E-state index contributed by atoms with van der Waals surface area (Å²) in [6.07, 6.45) is 8.32. The zero-order valence-corrected chi connectivity index (χ0v) is 9.82. The molecular formula is C14H22. The van der Waals surface area contributed by atoms with Gasteiger partial charge in [0.2, 0.25) is 0 Å². The van der Waals surface area contributed by atoms with Crippen molar-refractivity contribution in [1.82, 2.24) is 0 Å². The second kappa shape index (κ2) is 3.92. The highest BCUT2D eigenvalue weighted by Gasteiger charge is 2.30. The van der Waals surface area contributed by atoms with Gasteiger partial charge in [0.05, 0.1) is 0 Å². The zero-order chi connectivity index (χ0) is 10.1. The molecule has 1 atom stereocenters. The highest BCUT2D eigenvalue weighted by Crippen LogP contribution is 2.46. The lowest BCUT2D eigenvalue weighted by atomic mass is 9.81. The number of hydrogen-bond acceptors (Lipinski definition) is 0. The highest BCUT2D eigenvalue weighted by atomic mass is 14.3. The van der Waals surface area contributed by atoms with Crippen LogP contribution in [0.2, 0.25) is 0 Å². The van der Waals surface area contributed by atoms with Gasteiger partial charge in [-0.2, -0.15) is 0 Å². The summed E-state index contributed by atoms with van der Waals surface area (Å²) in [4.78, 5) is 0. The van der Waals surface area contributed by atoms with Gasteiger partial charge >= 0.3 is 0 Å². The predicted octanol–water partition coefficient (Wildman–Crippen LogP) is 4.62. The summed E-state index contributed by atoms with van der Waals surface area (Å²) >= 11 is 0. The third-order valence-electron chi connectivity index (χ3n) is 4.08. The molecule has 0 spiro atoms. The molecule has 0 bridgehead atoms. The number of hydrogen-bond donors (Lipinski definition) is 0. The fraction of sp³-hybridized carbons (Fsp3) is 0.714. The standard InChI is InChI=1S/C14H22/c1-4-7-12-10(2)11(3)13-8-5-6-9-14(12)13/h14H,4-9H2,1-3H3. The molecule has 14 heavy (non-hydrogen) atoms. The van der Waals surface area contributed by atoms with Gasteiger partial charge in [-0.1, -0.05) is 30.9 Å². The number of fused-ring (bicyclic) bond motifs is 1. The minimum atomic E-state index is 0.865. The van der Waals surface area contributed by atoms with Crippen LogP contribution in [0, 0.1) is 5.92 Å². The zero-order valence-electron chi connectivity index (χ0n) is 9.82. The molecule has 1 saturated carbocycles. The molecular weight excluding hydrogens is 168 g/mol. The molecule has 0 aliphatic heterocycles. The summed E-state index contributed by atoms with van der Waals surface area (Å²) < 4.78 is 0. The maximum atomic E-state index is 2.34. The van der Waals surface area contributed by atoms with Crippen molar-refractivity contribution in [1.29, 1.82) is 0 Å². The van der Waals surface area contributed by atoms with Gasteiger partial charge in [-0.3, -0.25) is 0 Å². The van der Waals surface area contributed by atoms with Crippen LogP contribution in [-0.4, -0.2) is 0 Å². The lowest BCUT2D eigenvalue weighted by Crippen LogP contribution is -2.09. The van der Waals surface area contributed by atoms with Crippen LogP contribution in [0.3, 0.4) is 0 Å². The first kappa shape index (κ1) is 10.0. The van der Waals surface area contributed by atoms with Gasteiger partial charge in [-0.15, -0.1) is 0 Å². The largest absolute Gasteiger partial charge is 0.0651 e. The fourth-order valence-electron chi connectivity index (χ4n) is 3.22. The van der Waals surface area contributed by atoms with Gasteiger partial charge in [0, 0.05) is 5.92 Å². The quantitative estimate of drug-likeness (QED) is 0.596. The van der Waals surface area contributed by atoms with Crippen LogP contribution in [0.25, 0.3) is 0 Å². The molecule has 0 heteroatoms. The number of rotatable bonds is 2. The minimum Gasteiger partial charge on any atom is -0.0651 e. The highest BCUT2D eigenvalue weighted by molar-refractivity contribution is 5.48. The van der Waals surface area contributed by atoms with Gasteiger partial charge < -0.3 is 0 Å². The Labute approximate surface area is 88.1 Å². The Morgan fingerprint density at radius 1 is 1.14 bits per heavy atom. The van der Waals surface area contributed by atoms with Gasteiger partial charge in [-0.05, 0) is 50.7 Å². The summed E-state index contributed by atoms with van der Waals surface area (Å²) in [6.45, 7) is 6.98. The molecule has 2 rings (SSSR count). The first-order valence-electron chi connectivity index (χ1n) is 6.15. The van der Waals surface area contributed by atoms with E-state index in [0.717, 1.165) is 5.92 Å². The van der Waals surface area contributed by atoms with Crippen molar-refractivity contribution in [3.8, 4) is 0 Å². The maximum absolute atomic E-state index is 2.34. The van der Waals surface area contributed by atoms with Crippen LogP contribution in [-0.2, 0) is 0 Å². The van der Waals surface area contributed by atoms with Crippen molar-refractivity contribution >= 4 is 0 Å². The second-order valence-electron chi connectivity index (χ2n) is 4.85. The summed E-state index contributed by atoms with van der Waals surface area (Å²) in [5.41, 5.74) is 6.84. The molecule has 1 fully saturated rings. The minimum absolute atomic E-state index is 0.865. The molecule has 2 aliphatic carbocycles. The molecule has 1 unspecified atom stereocenters. The molecule has 0 aromatic carbocycles. The summed E-state index contributed by atoms with van der Waals surface area (Å²) in [5, 5.41) is 0. The monoisotopic (exact) mass is 190 g/mol. The Morgan fingerprint density at radius 3 is 2.64 bits per heavy atom. The average Bonchev–Trinajstić information content (AvgIpc) is 2.45. The summed E-state index contributed by atoms with van der Waals surface area (Å²) in [5.74, 6) is 0.865. The third kappa shape index (κ3) is 1.45. The Kier molecular flexibility index (Phi) is 2.80. The van der Waals surface area contributed by atoms with E-state index in [1.807, 2.05) is 0 Å². The SMILES string of the molecule is CCCC1=C(C)C(C)=C2CCCCC12. The molecule has 0 saturated heterocycles. The fourth-order valence-corrected chi connectivity index (χ4v) is 3.22. The van der Waals surface area contributed by atoms with Crippen molar-refractivity contribution in [2.24, 2.45) is 5.92 Å². The van der Waals surface area contributed by atoms with E-state index >= 15 is 0 Å². The average molecular weight is 190 g/mol. The van der Waals surface area contributed by atoms with Gasteiger partial charge in [0.1, 0.15) is 0 Å². The molecule has 0 N–H and O–H groups in total. The van der Waals surface area contributed by atoms with Gasteiger partial charge in [0.25, 0.3) is 0 Å². The van der Waals surface area contributed by atoms with E-state index in [1.165, 1.54) is 38.5 Å². The van der Waals surface area contributed by atoms with Crippen molar-refractivity contribution in [2.45, 2.75) is 59.3 Å². The van der Waals surface area contributed by atoms with Crippen LogP contribution in [0.15, 0.2) is 22.3 Å². The Hall–Kier alpha value is -0.520. The lowest BCUT2D eigenvalue weighted by Gasteiger charge is -2.24. The molecule has 0 aromatic rings. The van der Waals surface area contributed by atoms with E-state index in [2.05, 4.69) is 20.8 Å². The van der Waals surface area contributed by atoms with E-state index in [4.69, 9.17) is 0 Å². The molecule has 78 valence electrons. The van der Waals surface area contributed by atoms with Crippen LogP contribution in [0.1, 0.15) is 59.3 Å².